The largest absolute Gasteiger partial charge is 0.337 e. The number of nitrogens with zero attached hydrogens (tertiary/aromatic N) is 1. The van der Waals surface area contributed by atoms with Crippen molar-refractivity contribution in [1.82, 2.24) is 10.2 Å². The summed E-state index contributed by atoms with van der Waals surface area (Å²) in [6, 6.07) is 4.65. The Labute approximate surface area is 140 Å². The summed E-state index contributed by atoms with van der Waals surface area (Å²) in [5, 5.41) is 3.24. The molecule has 1 fully saturated rings. The summed E-state index contributed by atoms with van der Waals surface area (Å²) in [6.07, 6.45) is 0. The van der Waals surface area contributed by atoms with E-state index in [1.54, 1.807) is 6.07 Å². The highest BCUT2D eigenvalue weighted by molar-refractivity contribution is 8.00. The maximum absolute atomic E-state index is 13.7. The molecule has 1 aromatic rings. The highest BCUT2D eigenvalue weighted by atomic mass is 35.5. The van der Waals surface area contributed by atoms with E-state index in [2.05, 4.69) is 5.32 Å². The number of benzene rings is 1. The molecule has 0 bridgehead atoms. The molecule has 1 aromatic carbocycles. The maximum Gasteiger partial charge on any atom is 0.233 e. The first kappa shape index (κ1) is 18.9. The van der Waals surface area contributed by atoms with Gasteiger partial charge in [-0.3, -0.25) is 9.59 Å². The van der Waals surface area contributed by atoms with Crippen molar-refractivity contribution in [2.45, 2.75) is 24.8 Å². The standard InChI is InChI=1S/C15H19FN2O2S.ClH/c1-10-8-17-5-6-18(10)15(20)9-21-12-3-4-13(11(2)19)14(16)7-12;/h3-4,7,10,17H,5-6,8-9H2,1-2H3;1H/t10-;/m1./s1. The predicted octanol–water partition coefficient (Wildman–Crippen LogP) is 2.36. The number of piperazine rings is 1. The lowest BCUT2D eigenvalue weighted by Crippen LogP contribution is -2.52. The number of thioether (sulfide) groups is 1. The minimum Gasteiger partial charge on any atom is -0.337 e. The molecule has 0 spiro atoms. The second-order valence-corrected chi connectivity index (χ2v) is 6.18. The molecular weight excluding hydrogens is 327 g/mol. The molecule has 1 amide bonds. The van der Waals surface area contributed by atoms with Gasteiger partial charge in [0.25, 0.3) is 0 Å². The van der Waals surface area contributed by atoms with Gasteiger partial charge in [0, 0.05) is 30.6 Å². The van der Waals surface area contributed by atoms with Gasteiger partial charge in [-0.05, 0) is 32.0 Å². The summed E-state index contributed by atoms with van der Waals surface area (Å²) in [4.78, 5) is 25.9. The van der Waals surface area contributed by atoms with Gasteiger partial charge in [-0.1, -0.05) is 0 Å². The van der Waals surface area contributed by atoms with Crippen LogP contribution in [0.25, 0.3) is 0 Å². The molecule has 2 rings (SSSR count). The zero-order valence-electron chi connectivity index (χ0n) is 12.6. The molecule has 1 atom stereocenters. The number of halogens is 2. The zero-order valence-corrected chi connectivity index (χ0v) is 14.2. The van der Waals surface area contributed by atoms with Crippen LogP contribution >= 0.6 is 24.2 Å². The van der Waals surface area contributed by atoms with Crippen molar-refractivity contribution in [1.29, 1.82) is 0 Å². The number of hydrogen-bond donors (Lipinski definition) is 1. The lowest BCUT2D eigenvalue weighted by Gasteiger charge is -2.33. The molecule has 1 saturated heterocycles. The summed E-state index contributed by atoms with van der Waals surface area (Å²) >= 11 is 1.30. The Bertz CT molecular complexity index is 556. The summed E-state index contributed by atoms with van der Waals surface area (Å²) in [7, 11) is 0. The topological polar surface area (TPSA) is 49.4 Å². The molecule has 0 saturated carbocycles. The molecule has 1 N–H and O–H groups in total. The molecule has 4 nitrogen and oxygen atoms in total. The molecule has 1 heterocycles. The van der Waals surface area contributed by atoms with Crippen LogP contribution in [0.15, 0.2) is 23.1 Å². The SMILES string of the molecule is CC(=O)c1ccc(SCC(=O)N2CCNC[C@H]2C)cc1F.Cl. The van der Waals surface area contributed by atoms with Gasteiger partial charge in [-0.2, -0.15) is 0 Å². The molecule has 7 heteroatoms. The Morgan fingerprint density at radius 1 is 1.45 bits per heavy atom. The molecule has 0 aliphatic carbocycles. The Hall–Kier alpha value is -1.11. The van der Waals surface area contributed by atoms with Gasteiger partial charge in [0.2, 0.25) is 5.91 Å². The Kier molecular flexibility index (Phi) is 7.32. The average Bonchev–Trinajstić information content (AvgIpc) is 2.45. The van der Waals surface area contributed by atoms with Gasteiger partial charge in [-0.25, -0.2) is 4.39 Å². The lowest BCUT2D eigenvalue weighted by atomic mass is 10.1. The molecule has 1 aliphatic rings. The summed E-state index contributed by atoms with van der Waals surface area (Å²) < 4.78 is 13.7. The van der Waals surface area contributed by atoms with Crippen LogP contribution in [0.5, 0.6) is 0 Å². The maximum atomic E-state index is 13.7. The minimum atomic E-state index is -0.532. The number of Topliss-reactive ketones (excluding diaryl/α,β-unsaturated/α-hetero) is 1. The van der Waals surface area contributed by atoms with Crippen LogP contribution in [0.3, 0.4) is 0 Å². The first-order chi connectivity index (χ1) is 9.99. The van der Waals surface area contributed by atoms with Crippen LogP contribution in [-0.2, 0) is 4.79 Å². The fourth-order valence-corrected chi connectivity index (χ4v) is 3.12. The third-order valence-electron chi connectivity index (χ3n) is 3.50. The van der Waals surface area contributed by atoms with E-state index in [-0.39, 0.29) is 41.5 Å². The van der Waals surface area contributed by atoms with E-state index in [0.717, 1.165) is 13.1 Å². The second kappa shape index (κ2) is 8.50. The number of nitrogens with one attached hydrogen (secondary N) is 1. The van der Waals surface area contributed by atoms with Gasteiger partial charge in [-0.15, -0.1) is 24.2 Å². The van der Waals surface area contributed by atoms with Crippen molar-refractivity contribution in [3.63, 3.8) is 0 Å². The fourth-order valence-electron chi connectivity index (χ4n) is 2.31. The number of carbonyl (C=O) groups excluding carboxylic acids is 2. The Morgan fingerprint density at radius 2 is 2.18 bits per heavy atom. The molecule has 0 unspecified atom stereocenters. The first-order valence-electron chi connectivity index (χ1n) is 6.92. The van der Waals surface area contributed by atoms with E-state index >= 15 is 0 Å². The minimum absolute atomic E-state index is 0. The van der Waals surface area contributed by atoms with Crippen LogP contribution in [0.4, 0.5) is 4.39 Å². The highest BCUT2D eigenvalue weighted by Crippen LogP contribution is 2.22. The fraction of sp³-hybridized carbons (Fsp3) is 0.467. The molecule has 122 valence electrons. The van der Waals surface area contributed by atoms with Crippen molar-refractivity contribution in [3.8, 4) is 0 Å². The van der Waals surface area contributed by atoms with Gasteiger partial charge in [0.15, 0.2) is 5.78 Å². The number of carbonyl (C=O) groups is 2. The van der Waals surface area contributed by atoms with E-state index in [1.807, 2.05) is 11.8 Å². The van der Waals surface area contributed by atoms with Crippen molar-refractivity contribution in [2.24, 2.45) is 0 Å². The van der Waals surface area contributed by atoms with Gasteiger partial charge in [0.05, 0.1) is 11.3 Å². The smallest absolute Gasteiger partial charge is 0.233 e. The van der Waals surface area contributed by atoms with E-state index in [1.165, 1.54) is 30.8 Å². The van der Waals surface area contributed by atoms with E-state index in [0.29, 0.717) is 11.4 Å². The van der Waals surface area contributed by atoms with E-state index in [4.69, 9.17) is 0 Å². The monoisotopic (exact) mass is 346 g/mol. The van der Waals surface area contributed by atoms with E-state index in [9.17, 15) is 14.0 Å². The molecule has 0 aromatic heterocycles. The van der Waals surface area contributed by atoms with Crippen LogP contribution in [-0.4, -0.2) is 48.0 Å². The lowest BCUT2D eigenvalue weighted by molar-refractivity contribution is -0.131. The van der Waals surface area contributed by atoms with Gasteiger partial charge in [0.1, 0.15) is 5.82 Å². The van der Waals surface area contributed by atoms with Crippen molar-refractivity contribution in [2.75, 3.05) is 25.4 Å². The third-order valence-corrected chi connectivity index (χ3v) is 4.48. The second-order valence-electron chi connectivity index (χ2n) is 5.13. The summed E-state index contributed by atoms with van der Waals surface area (Å²) in [6.45, 7) is 5.66. The van der Waals surface area contributed by atoms with E-state index < -0.39 is 5.82 Å². The number of rotatable bonds is 4. The Morgan fingerprint density at radius 3 is 2.77 bits per heavy atom. The van der Waals surface area contributed by atoms with Crippen molar-refractivity contribution >= 4 is 35.9 Å². The average molecular weight is 347 g/mol. The normalized spacial score (nSPS) is 17.8. The van der Waals surface area contributed by atoms with Gasteiger partial charge >= 0.3 is 0 Å². The van der Waals surface area contributed by atoms with Gasteiger partial charge < -0.3 is 10.2 Å². The van der Waals surface area contributed by atoms with Crippen molar-refractivity contribution in [3.05, 3.63) is 29.6 Å². The molecule has 22 heavy (non-hydrogen) atoms. The Balaban J connectivity index is 0.00000242. The molecule has 0 radical (unpaired) electrons. The number of amides is 1. The van der Waals surface area contributed by atoms with Crippen LogP contribution < -0.4 is 5.32 Å². The number of ketones is 1. The third kappa shape index (κ3) is 4.69. The number of hydrogen-bond acceptors (Lipinski definition) is 4. The zero-order chi connectivity index (χ0) is 15.4. The van der Waals surface area contributed by atoms with Crippen LogP contribution in [0.2, 0.25) is 0 Å². The van der Waals surface area contributed by atoms with Crippen LogP contribution in [0.1, 0.15) is 24.2 Å². The quantitative estimate of drug-likeness (QED) is 0.671. The molecular formula is C15H20ClFN2O2S. The summed E-state index contributed by atoms with van der Waals surface area (Å²) in [5.41, 5.74) is 0.0846. The molecule has 1 aliphatic heterocycles. The van der Waals surface area contributed by atoms with Crippen LogP contribution in [0, 0.1) is 5.82 Å². The van der Waals surface area contributed by atoms with Crippen molar-refractivity contribution < 1.29 is 14.0 Å². The first-order valence-corrected chi connectivity index (χ1v) is 7.91. The summed E-state index contributed by atoms with van der Waals surface area (Å²) in [5.74, 6) is -0.487. The highest BCUT2D eigenvalue weighted by Gasteiger charge is 2.22. The predicted molar refractivity (Wildman–Crippen MR) is 88.4 cm³/mol.